The average molecular weight is 405 g/mol. The third-order valence-corrected chi connectivity index (χ3v) is 5.57. The van der Waals surface area contributed by atoms with Crippen molar-refractivity contribution >= 4 is 5.91 Å². The second-order valence-corrected chi connectivity index (χ2v) is 7.69. The maximum atomic E-state index is 12.8. The van der Waals surface area contributed by atoms with Crippen molar-refractivity contribution < 1.29 is 13.9 Å². The molecule has 1 fully saturated rings. The number of hydrogen-bond donors (Lipinski definition) is 1. The van der Waals surface area contributed by atoms with Gasteiger partial charge in [0, 0.05) is 24.7 Å². The minimum atomic E-state index is -0.183. The molecule has 0 spiro atoms. The van der Waals surface area contributed by atoms with E-state index in [0.29, 0.717) is 25.0 Å². The van der Waals surface area contributed by atoms with Crippen LogP contribution in [-0.2, 0) is 13.2 Å². The highest BCUT2D eigenvalue weighted by Crippen LogP contribution is 2.20. The zero-order valence-corrected chi connectivity index (χ0v) is 17.1. The van der Waals surface area contributed by atoms with Crippen LogP contribution < -0.4 is 10.1 Å². The average Bonchev–Trinajstić information content (AvgIpc) is 3.27. The minimum Gasteiger partial charge on any atom is -0.489 e. The van der Waals surface area contributed by atoms with Crippen molar-refractivity contribution in [2.75, 3.05) is 13.1 Å². The van der Waals surface area contributed by atoms with Crippen LogP contribution in [0.25, 0.3) is 0 Å². The van der Waals surface area contributed by atoms with Gasteiger partial charge < -0.3 is 14.5 Å². The van der Waals surface area contributed by atoms with Crippen molar-refractivity contribution in [3.8, 4) is 5.75 Å². The summed E-state index contributed by atoms with van der Waals surface area (Å²) < 4.78 is 11.2. The number of ether oxygens (including phenoxy) is 1. The maximum absolute atomic E-state index is 12.8. The van der Waals surface area contributed by atoms with E-state index in [-0.39, 0.29) is 5.91 Å². The van der Waals surface area contributed by atoms with Gasteiger partial charge in [-0.25, -0.2) is 0 Å². The summed E-state index contributed by atoms with van der Waals surface area (Å²) in [5, 5.41) is 3.08. The van der Waals surface area contributed by atoms with E-state index in [1.165, 1.54) is 18.4 Å². The predicted molar refractivity (Wildman–Crippen MR) is 116 cm³/mol. The van der Waals surface area contributed by atoms with E-state index in [4.69, 9.17) is 9.15 Å². The lowest BCUT2D eigenvalue weighted by Gasteiger charge is -2.35. The van der Waals surface area contributed by atoms with Crippen LogP contribution in [-0.4, -0.2) is 29.9 Å². The summed E-state index contributed by atoms with van der Waals surface area (Å²) in [7, 11) is 0. The summed E-state index contributed by atoms with van der Waals surface area (Å²) in [4.78, 5) is 15.2. The van der Waals surface area contributed by atoms with Gasteiger partial charge in [-0.15, -0.1) is 0 Å². The van der Waals surface area contributed by atoms with Crippen molar-refractivity contribution in [1.82, 2.24) is 10.2 Å². The molecule has 1 unspecified atom stereocenters. The van der Waals surface area contributed by atoms with E-state index in [1.54, 1.807) is 12.3 Å². The number of para-hydroxylation sites is 1. The second kappa shape index (κ2) is 10.1. The Labute approximate surface area is 177 Å². The van der Waals surface area contributed by atoms with E-state index < -0.39 is 0 Å². The van der Waals surface area contributed by atoms with Crippen molar-refractivity contribution in [3.63, 3.8) is 0 Å². The van der Waals surface area contributed by atoms with E-state index in [1.807, 2.05) is 36.4 Å². The molecule has 3 aromatic rings. The van der Waals surface area contributed by atoms with Gasteiger partial charge in [-0.2, -0.15) is 0 Å². The summed E-state index contributed by atoms with van der Waals surface area (Å²) in [6, 6.07) is 22.2. The molecular formula is C25H28N2O3. The van der Waals surface area contributed by atoms with Crippen molar-refractivity contribution in [1.29, 1.82) is 0 Å². The topological polar surface area (TPSA) is 54.7 Å². The number of furan rings is 1. The highest BCUT2D eigenvalue weighted by atomic mass is 16.5. The van der Waals surface area contributed by atoms with Gasteiger partial charge in [-0.1, -0.05) is 55.0 Å². The highest BCUT2D eigenvalue weighted by Gasteiger charge is 2.24. The Morgan fingerprint density at radius 3 is 2.60 bits per heavy atom. The molecular weight excluding hydrogens is 376 g/mol. The molecule has 1 aliphatic rings. The number of hydrogen-bond acceptors (Lipinski definition) is 4. The van der Waals surface area contributed by atoms with E-state index in [0.717, 1.165) is 30.8 Å². The number of amides is 1. The normalized spacial score (nSPS) is 16.9. The van der Waals surface area contributed by atoms with E-state index in [2.05, 4.69) is 34.5 Å². The van der Waals surface area contributed by atoms with Gasteiger partial charge in [0.2, 0.25) is 0 Å². The molecule has 1 saturated heterocycles. The zero-order chi connectivity index (χ0) is 20.6. The molecule has 5 nitrogen and oxygen atoms in total. The van der Waals surface area contributed by atoms with Crippen LogP contribution in [0.2, 0.25) is 0 Å². The number of piperidine rings is 1. The van der Waals surface area contributed by atoms with Gasteiger partial charge in [0.05, 0.1) is 6.26 Å². The van der Waals surface area contributed by atoms with Crippen LogP contribution in [0.3, 0.4) is 0 Å². The molecule has 5 heteroatoms. The molecule has 1 amide bonds. The largest absolute Gasteiger partial charge is 0.489 e. The standard InChI is InChI=1S/C25H28N2O3/c28-25(24-21(14-16-29-24)19-30-23-12-5-2-6-13-23)26-17-22-11-7-8-15-27(22)18-20-9-3-1-4-10-20/h1-6,9-10,12-14,16,22H,7-8,11,15,17-19H2,(H,26,28). The van der Waals surface area contributed by atoms with Gasteiger partial charge in [-0.05, 0) is 43.1 Å². The fourth-order valence-electron chi connectivity index (χ4n) is 3.93. The van der Waals surface area contributed by atoms with Crippen LogP contribution in [0, 0.1) is 0 Å². The third-order valence-electron chi connectivity index (χ3n) is 5.57. The Hall–Kier alpha value is -3.05. The Bertz CT molecular complexity index is 924. The lowest BCUT2D eigenvalue weighted by Crippen LogP contribution is -2.46. The first kappa shape index (κ1) is 20.2. The van der Waals surface area contributed by atoms with Crippen LogP contribution in [0.1, 0.15) is 40.9 Å². The van der Waals surface area contributed by atoms with Gasteiger partial charge in [0.15, 0.2) is 5.76 Å². The lowest BCUT2D eigenvalue weighted by molar-refractivity contribution is 0.0878. The van der Waals surface area contributed by atoms with Crippen molar-refractivity contribution in [2.24, 2.45) is 0 Å². The van der Waals surface area contributed by atoms with Crippen LogP contribution in [0.4, 0.5) is 0 Å². The lowest BCUT2D eigenvalue weighted by atomic mass is 10.0. The van der Waals surface area contributed by atoms with Gasteiger partial charge >= 0.3 is 0 Å². The first-order valence-corrected chi connectivity index (χ1v) is 10.6. The molecule has 2 aromatic carbocycles. The Morgan fingerprint density at radius 1 is 1.03 bits per heavy atom. The molecule has 4 rings (SSSR count). The zero-order valence-electron chi connectivity index (χ0n) is 17.1. The van der Waals surface area contributed by atoms with E-state index in [9.17, 15) is 4.79 Å². The smallest absolute Gasteiger partial charge is 0.287 e. The summed E-state index contributed by atoms with van der Waals surface area (Å²) in [6.45, 7) is 2.89. The number of carbonyl (C=O) groups excluding carboxylic acids is 1. The van der Waals surface area contributed by atoms with Crippen LogP contribution in [0.5, 0.6) is 5.75 Å². The first-order valence-electron chi connectivity index (χ1n) is 10.6. The fraction of sp³-hybridized carbons (Fsp3) is 0.320. The fourth-order valence-corrected chi connectivity index (χ4v) is 3.93. The molecule has 1 aromatic heterocycles. The summed E-state index contributed by atoms with van der Waals surface area (Å²) in [5.41, 5.74) is 2.06. The Balaban J connectivity index is 1.33. The predicted octanol–water partition coefficient (Wildman–Crippen LogP) is 4.64. The number of rotatable bonds is 8. The summed E-state index contributed by atoms with van der Waals surface area (Å²) in [6.07, 6.45) is 5.04. The number of nitrogens with zero attached hydrogens (tertiary/aromatic N) is 1. The van der Waals surface area contributed by atoms with Gasteiger partial charge in [-0.3, -0.25) is 9.69 Å². The van der Waals surface area contributed by atoms with Gasteiger partial charge in [0.25, 0.3) is 5.91 Å². The number of likely N-dealkylation sites (tertiary alicyclic amines) is 1. The van der Waals surface area contributed by atoms with Crippen molar-refractivity contribution in [3.05, 3.63) is 89.9 Å². The molecule has 1 aliphatic heterocycles. The van der Waals surface area contributed by atoms with Crippen molar-refractivity contribution in [2.45, 2.75) is 38.5 Å². The highest BCUT2D eigenvalue weighted by molar-refractivity contribution is 5.92. The monoisotopic (exact) mass is 404 g/mol. The van der Waals surface area contributed by atoms with Crippen LogP contribution in [0.15, 0.2) is 77.4 Å². The molecule has 0 aliphatic carbocycles. The Kier molecular flexibility index (Phi) is 6.83. The molecule has 2 heterocycles. The molecule has 1 atom stereocenters. The molecule has 0 saturated carbocycles. The minimum absolute atomic E-state index is 0.183. The first-order chi connectivity index (χ1) is 14.8. The molecule has 1 N–H and O–H groups in total. The molecule has 156 valence electrons. The number of carbonyl (C=O) groups is 1. The summed E-state index contributed by atoms with van der Waals surface area (Å²) >= 11 is 0. The SMILES string of the molecule is O=C(NCC1CCCCN1Cc1ccccc1)c1occc1COc1ccccc1. The van der Waals surface area contributed by atoms with Crippen LogP contribution >= 0.6 is 0 Å². The quantitative estimate of drug-likeness (QED) is 0.594. The number of nitrogens with one attached hydrogen (secondary N) is 1. The van der Waals surface area contributed by atoms with E-state index >= 15 is 0 Å². The molecule has 30 heavy (non-hydrogen) atoms. The maximum Gasteiger partial charge on any atom is 0.287 e. The third kappa shape index (κ3) is 5.30. The number of benzene rings is 2. The Morgan fingerprint density at radius 2 is 1.80 bits per heavy atom. The van der Waals surface area contributed by atoms with Gasteiger partial charge in [0.1, 0.15) is 12.4 Å². The molecule has 0 radical (unpaired) electrons. The summed E-state index contributed by atoms with van der Waals surface area (Å²) in [5.74, 6) is 0.914. The molecule has 0 bridgehead atoms. The second-order valence-electron chi connectivity index (χ2n) is 7.69.